The first-order valence-electron chi connectivity index (χ1n) is 7.65. The van der Waals surface area contributed by atoms with E-state index in [0.29, 0.717) is 22.6 Å². The number of phenols is 1. The zero-order valence-electron chi connectivity index (χ0n) is 14.4. The Hall–Kier alpha value is -3.55. The van der Waals surface area contributed by atoms with Crippen molar-refractivity contribution in [1.82, 2.24) is 10.7 Å². The number of rotatable bonds is 7. The number of carbonyl (C=O) groups is 2. The van der Waals surface area contributed by atoms with Crippen LogP contribution in [0.25, 0.3) is 0 Å². The fourth-order valence-electron chi connectivity index (χ4n) is 2.05. The molecule has 0 radical (unpaired) electrons. The molecule has 3 N–H and O–H groups in total. The number of hydrogen-bond donors (Lipinski definition) is 3. The van der Waals surface area contributed by atoms with Gasteiger partial charge in [0.2, 0.25) is 0 Å². The lowest BCUT2D eigenvalue weighted by Gasteiger charge is -2.09. The smallest absolute Gasteiger partial charge is 0.259 e. The molecule has 0 unspecified atom stereocenters. The number of benzene rings is 2. The van der Waals surface area contributed by atoms with E-state index in [4.69, 9.17) is 9.47 Å². The van der Waals surface area contributed by atoms with E-state index in [0.717, 1.165) is 0 Å². The summed E-state index contributed by atoms with van der Waals surface area (Å²) in [5.74, 6) is 0.0145. The van der Waals surface area contributed by atoms with Gasteiger partial charge in [0.1, 0.15) is 5.75 Å². The van der Waals surface area contributed by atoms with Gasteiger partial charge in [0.25, 0.3) is 11.8 Å². The van der Waals surface area contributed by atoms with Crippen LogP contribution in [-0.4, -0.2) is 43.9 Å². The molecule has 2 aromatic carbocycles. The van der Waals surface area contributed by atoms with Gasteiger partial charge in [0.15, 0.2) is 11.5 Å². The Kier molecular flexibility index (Phi) is 6.55. The first-order valence-corrected chi connectivity index (χ1v) is 7.65. The van der Waals surface area contributed by atoms with Gasteiger partial charge in [-0.05, 0) is 30.3 Å². The number of ether oxygens (including phenoxy) is 2. The molecular formula is C18H19N3O5. The van der Waals surface area contributed by atoms with Crippen LogP contribution in [0.3, 0.4) is 0 Å². The number of nitrogens with zero attached hydrogens (tertiary/aromatic N) is 1. The largest absolute Gasteiger partial charge is 0.507 e. The summed E-state index contributed by atoms with van der Waals surface area (Å²) in [5.41, 5.74) is 3.05. The van der Waals surface area contributed by atoms with Gasteiger partial charge in [-0.25, -0.2) is 5.43 Å². The average molecular weight is 357 g/mol. The van der Waals surface area contributed by atoms with Crippen molar-refractivity contribution in [2.45, 2.75) is 0 Å². The van der Waals surface area contributed by atoms with Crippen molar-refractivity contribution < 1.29 is 24.2 Å². The van der Waals surface area contributed by atoms with Gasteiger partial charge in [-0.2, -0.15) is 5.10 Å². The number of aromatic hydroxyl groups is 1. The Balaban J connectivity index is 1.87. The summed E-state index contributed by atoms with van der Waals surface area (Å²) in [6, 6.07) is 11.2. The number of nitrogens with one attached hydrogen (secondary N) is 2. The number of hydrazone groups is 1. The molecule has 0 bridgehead atoms. The summed E-state index contributed by atoms with van der Waals surface area (Å²) in [7, 11) is 2.97. The fourth-order valence-corrected chi connectivity index (χ4v) is 2.05. The Morgan fingerprint density at radius 3 is 2.54 bits per heavy atom. The molecule has 2 rings (SSSR count). The van der Waals surface area contributed by atoms with E-state index >= 15 is 0 Å². The molecule has 2 aromatic rings. The molecule has 2 amide bonds. The normalized spacial score (nSPS) is 10.4. The fraction of sp³-hybridized carbons (Fsp3) is 0.167. The van der Waals surface area contributed by atoms with Gasteiger partial charge in [0.05, 0.1) is 27.0 Å². The first-order chi connectivity index (χ1) is 12.5. The molecule has 0 heterocycles. The summed E-state index contributed by atoms with van der Waals surface area (Å²) < 4.78 is 10.2. The van der Waals surface area contributed by atoms with Crippen LogP contribution in [0.5, 0.6) is 17.2 Å². The topological polar surface area (TPSA) is 109 Å². The van der Waals surface area contributed by atoms with Crippen LogP contribution in [-0.2, 0) is 4.79 Å². The molecule has 0 atom stereocenters. The second-order valence-electron chi connectivity index (χ2n) is 5.10. The van der Waals surface area contributed by atoms with Crippen molar-refractivity contribution >= 4 is 18.0 Å². The molecule has 0 aliphatic rings. The number of hydrogen-bond acceptors (Lipinski definition) is 6. The summed E-state index contributed by atoms with van der Waals surface area (Å²) in [5, 5.41) is 15.8. The monoisotopic (exact) mass is 357 g/mol. The highest BCUT2D eigenvalue weighted by Crippen LogP contribution is 2.27. The number of phenolic OH excluding ortho intramolecular Hbond substituents is 1. The molecule has 0 aliphatic heterocycles. The van der Waals surface area contributed by atoms with Gasteiger partial charge < -0.3 is 19.9 Å². The lowest BCUT2D eigenvalue weighted by Crippen LogP contribution is -2.34. The van der Waals surface area contributed by atoms with Crippen molar-refractivity contribution in [1.29, 1.82) is 0 Å². The maximum Gasteiger partial charge on any atom is 0.259 e. The van der Waals surface area contributed by atoms with E-state index in [1.54, 1.807) is 30.3 Å². The Morgan fingerprint density at radius 1 is 1.12 bits per heavy atom. The molecule has 0 spiro atoms. The minimum atomic E-state index is -0.509. The minimum absolute atomic E-state index is 0.0484. The molecule has 0 fully saturated rings. The zero-order chi connectivity index (χ0) is 18.9. The number of carbonyl (C=O) groups excluding carboxylic acids is 2. The van der Waals surface area contributed by atoms with E-state index in [-0.39, 0.29) is 12.3 Å². The van der Waals surface area contributed by atoms with Crippen LogP contribution in [0.2, 0.25) is 0 Å². The average Bonchev–Trinajstić information content (AvgIpc) is 2.67. The predicted octanol–water partition coefficient (Wildman–Crippen LogP) is 1.29. The van der Waals surface area contributed by atoms with Crippen LogP contribution in [0.15, 0.2) is 47.6 Å². The van der Waals surface area contributed by atoms with E-state index in [1.165, 1.54) is 32.6 Å². The van der Waals surface area contributed by atoms with Crippen LogP contribution in [0.1, 0.15) is 15.9 Å². The highest BCUT2D eigenvalue weighted by atomic mass is 16.5. The third-order valence-corrected chi connectivity index (χ3v) is 3.38. The highest BCUT2D eigenvalue weighted by Gasteiger charge is 2.11. The Bertz CT molecular complexity index is 820. The lowest BCUT2D eigenvalue weighted by molar-refractivity contribution is -0.120. The van der Waals surface area contributed by atoms with Gasteiger partial charge >= 0.3 is 0 Å². The molecule has 0 saturated carbocycles. The van der Waals surface area contributed by atoms with Crippen LogP contribution < -0.4 is 20.2 Å². The first kappa shape index (κ1) is 18.8. The maximum atomic E-state index is 12.1. The molecule has 26 heavy (non-hydrogen) atoms. The Morgan fingerprint density at radius 2 is 1.85 bits per heavy atom. The van der Waals surface area contributed by atoms with E-state index in [2.05, 4.69) is 15.8 Å². The van der Waals surface area contributed by atoms with Crippen molar-refractivity contribution in [3.05, 3.63) is 53.6 Å². The second kappa shape index (κ2) is 9.07. The summed E-state index contributed by atoms with van der Waals surface area (Å²) >= 11 is 0. The van der Waals surface area contributed by atoms with E-state index < -0.39 is 11.8 Å². The third-order valence-electron chi connectivity index (χ3n) is 3.38. The van der Waals surface area contributed by atoms with Crippen LogP contribution >= 0.6 is 0 Å². The maximum absolute atomic E-state index is 12.1. The molecule has 8 nitrogen and oxygen atoms in total. The van der Waals surface area contributed by atoms with Crippen molar-refractivity contribution in [2.24, 2.45) is 5.10 Å². The quantitative estimate of drug-likeness (QED) is 0.511. The zero-order valence-corrected chi connectivity index (χ0v) is 14.4. The molecule has 0 aliphatic carbocycles. The molecule has 0 aromatic heterocycles. The summed E-state index contributed by atoms with van der Waals surface area (Å²) in [6.45, 7) is -0.259. The lowest BCUT2D eigenvalue weighted by atomic mass is 10.2. The standard InChI is InChI=1S/C18H19N3O5/c1-25-15-8-7-12(9-16(15)26-2)18(24)19-11-17(23)21-20-10-13-5-3-4-6-14(13)22/h3-10,22H,11H2,1-2H3,(H,19,24)(H,21,23)/b20-10+. The van der Waals surface area contributed by atoms with Crippen molar-refractivity contribution in [2.75, 3.05) is 20.8 Å². The van der Waals surface area contributed by atoms with Gasteiger partial charge in [0, 0.05) is 11.1 Å². The molecule has 0 saturated heterocycles. The predicted molar refractivity (Wildman–Crippen MR) is 95.7 cm³/mol. The second-order valence-corrected chi connectivity index (χ2v) is 5.10. The molecule has 136 valence electrons. The number of para-hydroxylation sites is 1. The third kappa shape index (κ3) is 4.97. The Labute approximate surface area is 150 Å². The van der Waals surface area contributed by atoms with Crippen molar-refractivity contribution in [3.8, 4) is 17.2 Å². The van der Waals surface area contributed by atoms with Gasteiger partial charge in [-0.15, -0.1) is 0 Å². The van der Waals surface area contributed by atoms with Gasteiger partial charge in [-0.1, -0.05) is 12.1 Å². The molecule has 8 heteroatoms. The minimum Gasteiger partial charge on any atom is -0.507 e. The number of methoxy groups -OCH3 is 2. The van der Waals surface area contributed by atoms with E-state index in [9.17, 15) is 14.7 Å². The number of amides is 2. The highest BCUT2D eigenvalue weighted by molar-refractivity contribution is 5.97. The summed E-state index contributed by atoms with van der Waals surface area (Å²) in [6.07, 6.45) is 1.31. The molecular weight excluding hydrogens is 338 g/mol. The van der Waals surface area contributed by atoms with Crippen LogP contribution in [0, 0.1) is 0 Å². The van der Waals surface area contributed by atoms with E-state index in [1.807, 2.05) is 0 Å². The van der Waals surface area contributed by atoms with Crippen LogP contribution in [0.4, 0.5) is 0 Å². The van der Waals surface area contributed by atoms with Gasteiger partial charge in [-0.3, -0.25) is 9.59 Å². The van der Waals surface area contributed by atoms with Crippen molar-refractivity contribution in [3.63, 3.8) is 0 Å². The summed E-state index contributed by atoms with van der Waals surface area (Å²) in [4.78, 5) is 23.8. The SMILES string of the molecule is COc1ccc(C(=O)NCC(=O)N/N=C/c2ccccc2O)cc1OC.